The molecular weight excluding hydrogens is 215 g/mol. The van der Waals surface area contributed by atoms with Gasteiger partial charge >= 0.3 is 0 Å². The van der Waals surface area contributed by atoms with Crippen LogP contribution in [0.5, 0.6) is 5.75 Å². The molecule has 0 atom stereocenters. The Labute approximate surface area is 71.4 Å². The normalized spacial score (nSPS) is 10.1. The zero-order valence-corrected chi connectivity index (χ0v) is 7.10. The Morgan fingerprint density at radius 3 is 2.64 bits per heavy atom. The van der Waals surface area contributed by atoms with Gasteiger partial charge in [-0.25, -0.2) is 4.39 Å². The Hall–Kier alpha value is -0.610. The van der Waals surface area contributed by atoms with Crippen molar-refractivity contribution in [1.82, 2.24) is 0 Å². The van der Waals surface area contributed by atoms with Crippen molar-refractivity contribution < 1.29 is 14.6 Å². The first-order valence-corrected chi connectivity index (χ1v) is 3.73. The number of phenolic OH excluding ortho intramolecular Hbond substituents is 1. The first-order valence-electron chi connectivity index (χ1n) is 2.93. The van der Waals surface area contributed by atoms with Crippen LogP contribution in [0.1, 0.15) is 5.56 Å². The van der Waals surface area contributed by atoms with Crippen LogP contribution in [0.25, 0.3) is 0 Å². The summed E-state index contributed by atoms with van der Waals surface area (Å²) in [6.45, 7) is -0.410. The van der Waals surface area contributed by atoms with Gasteiger partial charge in [0.2, 0.25) is 0 Å². The summed E-state index contributed by atoms with van der Waals surface area (Å²) in [5, 5.41) is 17.6. The van der Waals surface area contributed by atoms with E-state index in [9.17, 15) is 4.39 Å². The highest BCUT2D eigenvalue weighted by molar-refractivity contribution is 9.10. The molecule has 60 valence electrons. The lowest BCUT2D eigenvalue weighted by atomic mass is 10.2. The fraction of sp³-hybridized carbons (Fsp3) is 0.143. The monoisotopic (exact) mass is 220 g/mol. The molecule has 2 nitrogen and oxygen atoms in total. The van der Waals surface area contributed by atoms with Crippen LogP contribution in [0.2, 0.25) is 0 Å². The molecule has 0 bridgehead atoms. The lowest BCUT2D eigenvalue weighted by molar-refractivity contribution is 0.273. The topological polar surface area (TPSA) is 40.5 Å². The van der Waals surface area contributed by atoms with Crippen LogP contribution >= 0.6 is 15.9 Å². The number of aromatic hydroxyl groups is 1. The standard InChI is InChI=1S/C7H6BrFO2/c8-5-2-1-4(3-10)6(9)7(5)11/h1-2,10-11H,3H2. The average Bonchev–Trinajstić information content (AvgIpc) is 2.01. The Morgan fingerprint density at radius 1 is 1.45 bits per heavy atom. The minimum Gasteiger partial charge on any atom is -0.504 e. The molecule has 0 spiro atoms. The predicted octanol–water partition coefficient (Wildman–Crippen LogP) is 1.79. The van der Waals surface area contributed by atoms with Gasteiger partial charge in [0.15, 0.2) is 11.6 Å². The predicted molar refractivity (Wildman–Crippen MR) is 41.7 cm³/mol. The van der Waals surface area contributed by atoms with Crippen molar-refractivity contribution in [2.45, 2.75) is 6.61 Å². The number of rotatable bonds is 1. The Kier molecular flexibility index (Phi) is 2.46. The van der Waals surface area contributed by atoms with Gasteiger partial charge in [-0.05, 0) is 22.0 Å². The molecule has 0 aliphatic heterocycles. The van der Waals surface area contributed by atoms with Gasteiger partial charge in [-0.1, -0.05) is 6.07 Å². The molecule has 0 fully saturated rings. The molecule has 1 aromatic carbocycles. The van der Waals surface area contributed by atoms with Crippen molar-refractivity contribution in [3.63, 3.8) is 0 Å². The third kappa shape index (κ3) is 1.52. The van der Waals surface area contributed by atoms with Crippen molar-refractivity contribution in [1.29, 1.82) is 0 Å². The largest absolute Gasteiger partial charge is 0.504 e. The molecule has 11 heavy (non-hydrogen) atoms. The maximum absolute atomic E-state index is 12.8. The summed E-state index contributed by atoms with van der Waals surface area (Å²) >= 11 is 2.94. The molecule has 0 aromatic heterocycles. The van der Waals surface area contributed by atoms with Crippen LogP contribution in [-0.4, -0.2) is 10.2 Å². The van der Waals surface area contributed by atoms with E-state index in [4.69, 9.17) is 10.2 Å². The SMILES string of the molecule is OCc1ccc(Br)c(O)c1F. The van der Waals surface area contributed by atoms with Crippen molar-refractivity contribution in [2.75, 3.05) is 0 Å². The van der Waals surface area contributed by atoms with Gasteiger partial charge in [-0.15, -0.1) is 0 Å². The molecule has 1 rings (SSSR count). The van der Waals surface area contributed by atoms with Gasteiger partial charge in [0, 0.05) is 5.56 Å². The van der Waals surface area contributed by atoms with E-state index in [1.165, 1.54) is 12.1 Å². The van der Waals surface area contributed by atoms with Crippen LogP contribution in [-0.2, 0) is 6.61 Å². The van der Waals surface area contributed by atoms with Crippen LogP contribution in [0, 0.1) is 5.82 Å². The van der Waals surface area contributed by atoms with Crippen LogP contribution < -0.4 is 0 Å². The summed E-state index contributed by atoms with van der Waals surface area (Å²) in [6.07, 6.45) is 0. The molecule has 4 heteroatoms. The van der Waals surface area contributed by atoms with Crippen LogP contribution in [0.4, 0.5) is 4.39 Å². The van der Waals surface area contributed by atoms with Gasteiger partial charge in [-0.3, -0.25) is 0 Å². The Balaban J connectivity index is 3.25. The van der Waals surface area contributed by atoms with E-state index in [1.807, 2.05) is 0 Å². The van der Waals surface area contributed by atoms with Crippen molar-refractivity contribution in [2.24, 2.45) is 0 Å². The van der Waals surface area contributed by atoms with Crippen molar-refractivity contribution in [3.8, 4) is 5.75 Å². The van der Waals surface area contributed by atoms with E-state index in [1.54, 1.807) is 0 Å². The highest BCUT2D eigenvalue weighted by Gasteiger charge is 2.08. The summed E-state index contributed by atoms with van der Waals surface area (Å²) in [7, 11) is 0. The summed E-state index contributed by atoms with van der Waals surface area (Å²) in [5.74, 6) is -1.24. The molecule has 0 unspecified atom stereocenters. The highest BCUT2D eigenvalue weighted by Crippen LogP contribution is 2.28. The molecule has 1 aromatic rings. The molecule has 2 N–H and O–H groups in total. The third-order valence-electron chi connectivity index (χ3n) is 1.32. The van der Waals surface area contributed by atoms with Gasteiger partial charge in [-0.2, -0.15) is 0 Å². The van der Waals surface area contributed by atoms with Crippen LogP contribution in [0.3, 0.4) is 0 Å². The summed E-state index contributed by atoms with van der Waals surface area (Å²) in [5.41, 5.74) is 0.0886. The molecule has 0 aliphatic rings. The van der Waals surface area contributed by atoms with E-state index >= 15 is 0 Å². The quantitative estimate of drug-likeness (QED) is 0.758. The fourth-order valence-electron chi connectivity index (χ4n) is 0.705. The molecule has 0 heterocycles. The van der Waals surface area contributed by atoms with Gasteiger partial charge in [0.1, 0.15) is 0 Å². The maximum atomic E-state index is 12.8. The number of phenols is 1. The number of aliphatic hydroxyl groups is 1. The Bertz CT molecular complexity index is 275. The van der Waals surface area contributed by atoms with Gasteiger partial charge in [0.25, 0.3) is 0 Å². The van der Waals surface area contributed by atoms with E-state index in [-0.39, 0.29) is 10.0 Å². The minimum atomic E-state index is -0.776. The molecule has 0 amide bonds. The number of hydrogen-bond donors (Lipinski definition) is 2. The summed E-state index contributed by atoms with van der Waals surface area (Å²) in [4.78, 5) is 0. The smallest absolute Gasteiger partial charge is 0.171 e. The maximum Gasteiger partial charge on any atom is 0.171 e. The van der Waals surface area contributed by atoms with Crippen molar-refractivity contribution in [3.05, 3.63) is 28.0 Å². The average molecular weight is 221 g/mol. The molecule has 0 saturated heterocycles. The van der Waals surface area contributed by atoms with E-state index in [2.05, 4.69) is 15.9 Å². The Morgan fingerprint density at radius 2 is 2.09 bits per heavy atom. The van der Waals surface area contributed by atoms with E-state index in [0.29, 0.717) is 0 Å². The van der Waals surface area contributed by atoms with Crippen LogP contribution in [0.15, 0.2) is 16.6 Å². The number of aliphatic hydroxyl groups excluding tert-OH is 1. The molecule has 0 radical (unpaired) electrons. The minimum absolute atomic E-state index is 0.0886. The molecule has 0 saturated carbocycles. The summed E-state index contributed by atoms with van der Waals surface area (Å²) in [6, 6.07) is 2.88. The summed E-state index contributed by atoms with van der Waals surface area (Å²) < 4.78 is 13.1. The second kappa shape index (κ2) is 3.19. The first-order chi connectivity index (χ1) is 5.16. The second-order valence-corrected chi connectivity index (χ2v) is 2.88. The molecular formula is C7H6BrFO2. The third-order valence-corrected chi connectivity index (χ3v) is 1.96. The molecule has 0 aliphatic carbocycles. The van der Waals surface area contributed by atoms with Gasteiger partial charge < -0.3 is 10.2 Å². The number of benzene rings is 1. The fourth-order valence-corrected chi connectivity index (χ4v) is 1.01. The lowest BCUT2D eigenvalue weighted by Gasteiger charge is -2.02. The number of halogens is 2. The second-order valence-electron chi connectivity index (χ2n) is 2.03. The highest BCUT2D eigenvalue weighted by atomic mass is 79.9. The van der Waals surface area contributed by atoms with Crippen molar-refractivity contribution >= 4 is 15.9 Å². The lowest BCUT2D eigenvalue weighted by Crippen LogP contribution is -1.89. The van der Waals surface area contributed by atoms with E-state index in [0.717, 1.165) is 0 Å². The van der Waals surface area contributed by atoms with E-state index < -0.39 is 18.2 Å². The zero-order valence-electron chi connectivity index (χ0n) is 5.51. The van der Waals surface area contributed by atoms with Gasteiger partial charge in [0.05, 0.1) is 11.1 Å². The number of hydrogen-bond acceptors (Lipinski definition) is 2. The zero-order chi connectivity index (χ0) is 8.43. The first kappa shape index (κ1) is 8.49.